The molecule has 31 heavy (non-hydrogen) atoms. The Morgan fingerprint density at radius 1 is 1.19 bits per heavy atom. The Hall–Kier alpha value is -2.99. The fourth-order valence-corrected chi connectivity index (χ4v) is 4.42. The van der Waals surface area contributed by atoms with Gasteiger partial charge in [0.15, 0.2) is 0 Å². The highest BCUT2D eigenvalue weighted by atomic mass is 16.5. The first-order valence-corrected chi connectivity index (χ1v) is 10.9. The lowest BCUT2D eigenvalue weighted by atomic mass is 9.95. The third kappa shape index (κ3) is 5.02. The number of pyridine rings is 1. The molecule has 2 aliphatic rings. The lowest BCUT2D eigenvalue weighted by Gasteiger charge is -2.25. The fourth-order valence-electron chi connectivity index (χ4n) is 4.42. The first kappa shape index (κ1) is 21.2. The van der Waals surface area contributed by atoms with Gasteiger partial charge in [-0.25, -0.2) is 0 Å². The van der Waals surface area contributed by atoms with E-state index >= 15 is 0 Å². The van der Waals surface area contributed by atoms with Crippen molar-refractivity contribution >= 4 is 11.8 Å². The van der Waals surface area contributed by atoms with Crippen molar-refractivity contribution in [2.75, 3.05) is 32.8 Å². The van der Waals surface area contributed by atoms with Gasteiger partial charge in [-0.05, 0) is 48.1 Å². The molecule has 0 aliphatic carbocycles. The lowest BCUT2D eigenvalue weighted by molar-refractivity contribution is -0.141. The van der Waals surface area contributed by atoms with Crippen LogP contribution >= 0.6 is 0 Å². The van der Waals surface area contributed by atoms with Crippen molar-refractivity contribution in [1.29, 1.82) is 0 Å². The van der Waals surface area contributed by atoms with Gasteiger partial charge in [-0.2, -0.15) is 0 Å². The van der Waals surface area contributed by atoms with Gasteiger partial charge in [-0.3, -0.25) is 14.6 Å². The highest BCUT2D eigenvalue weighted by Gasteiger charge is 2.35. The van der Waals surface area contributed by atoms with E-state index < -0.39 is 0 Å². The third-order valence-electron chi connectivity index (χ3n) is 6.03. The summed E-state index contributed by atoms with van der Waals surface area (Å²) in [6.07, 6.45) is 7.20. The molecule has 4 rings (SSSR count). The van der Waals surface area contributed by atoms with Gasteiger partial charge in [0.1, 0.15) is 6.10 Å². The molecule has 3 heterocycles. The Morgan fingerprint density at radius 3 is 2.77 bits per heavy atom. The largest absolute Gasteiger partial charge is 0.368 e. The van der Waals surface area contributed by atoms with Gasteiger partial charge >= 0.3 is 0 Å². The van der Waals surface area contributed by atoms with E-state index in [1.807, 2.05) is 34.1 Å². The minimum Gasteiger partial charge on any atom is -0.368 e. The van der Waals surface area contributed by atoms with E-state index in [4.69, 9.17) is 4.74 Å². The number of rotatable bonds is 6. The Kier molecular flexibility index (Phi) is 6.77. The second-order valence-corrected chi connectivity index (χ2v) is 8.20. The predicted molar refractivity (Wildman–Crippen MR) is 119 cm³/mol. The summed E-state index contributed by atoms with van der Waals surface area (Å²) in [7, 11) is 0. The zero-order valence-corrected chi connectivity index (χ0v) is 17.8. The highest BCUT2D eigenvalue weighted by molar-refractivity contribution is 5.84. The van der Waals surface area contributed by atoms with Crippen molar-refractivity contribution < 1.29 is 14.3 Å². The second-order valence-electron chi connectivity index (χ2n) is 8.20. The van der Waals surface area contributed by atoms with Crippen LogP contribution in [-0.4, -0.2) is 65.5 Å². The summed E-state index contributed by atoms with van der Waals surface area (Å²) < 4.78 is 5.62. The van der Waals surface area contributed by atoms with Gasteiger partial charge in [0, 0.05) is 45.2 Å². The maximum absolute atomic E-state index is 13.3. The SMILES string of the molecule is C=CCN1CCN(C(=O)[C@@H]2CCCO2)C[C@@H](Cc2cccc(-c3ccncc3)c2)C1=O. The van der Waals surface area contributed by atoms with Crippen LogP contribution in [0.25, 0.3) is 11.1 Å². The van der Waals surface area contributed by atoms with Crippen molar-refractivity contribution in [2.24, 2.45) is 5.92 Å². The number of nitrogens with zero attached hydrogens (tertiary/aromatic N) is 3. The Balaban J connectivity index is 1.55. The molecule has 2 aromatic rings. The zero-order chi connectivity index (χ0) is 21.6. The van der Waals surface area contributed by atoms with Crippen LogP contribution in [0, 0.1) is 5.92 Å². The Morgan fingerprint density at radius 2 is 2.03 bits per heavy atom. The fraction of sp³-hybridized carbons (Fsp3) is 0.400. The van der Waals surface area contributed by atoms with Gasteiger partial charge in [0.2, 0.25) is 5.91 Å². The molecule has 0 unspecified atom stereocenters. The van der Waals surface area contributed by atoms with Crippen molar-refractivity contribution in [2.45, 2.75) is 25.4 Å². The molecule has 0 saturated carbocycles. The number of benzene rings is 1. The normalized spacial score (nSPS) is 21.7. The van der Waals surface area contributed by atoms with Crippen molar-refractivity contribution in [1.82, 2.24) is 14.8 Å². The molecular formula is C25H29N3O3. The molecule has 1 aromatic heterocycles. The summed E-state index contributed by atoms with van der Waals surface area (Å²) in [6.45, 7) is 6.40. The van der Waals surface area contributed by atoms with E-state index in [2.05, 4.69) is 23.7 Å². The summed E-state index contributed by atoms with van der Waals surface area (Å²) in [6, 6.07) is 12.2. The van der Waals surface area contributed by atoms with Crippen LogP contribution in [0.5, 0.6) is 0 Å². The summed E-state index contributed by atoms with van der Waals surface area (Å²) in [5.41, 5.74) is 3.27. The first-order chi connectivity index (χ1) is 15.2. The van der Waals surface area contributed by atoms with Gasteiger partial charge < -0.3 is 14.5 Å². The standard InChI is InChI=1S/C25H29N3O3/c1-2-12-27-13-14-28(25(30)23-7-4-15-31-23)18-22(24(27)29)17-19-5-3-6-21(16-19)20-8-10-26-11-9-20/h2-3,5-6,8-11,16,22-23H,1,4,7,12-15,17-18H2/t22-,23+/m1/s1. The van der Waals surface area contributed by atoms with Gasteiger partial charge in [0.05, 0.1) is 5.92 Å². The van der Waals surface area contributed by atoms with Crippen LogP contribution in [0.2, 0.25) is 0 Å². The smallest absolute Gasteiger partial charge is 0.251 e. The van der Waals surface area contributed by atoms with Crippen LogP contribution in [-0.2, 0) is 20.7 Å². The highest BCUT2D eigenvalue weighted by Crippen LogP contribution is 2.24. The summed E-state index contributed by atoms with van der Waals surface area (Å²) in [5, 5.41) is 0. The number of carbonyl (C=O) groups excluding carboxylic acids is 2. The number of hydrogen-bond acceptors (Lipinski definition) is 4. The molecule has 6 heteroatoms. The van der Waals surface area contributed by atoms with Crippen molar-refractivity contribution in [3.63, 3.8) is 0 Å². The van der Waals surface area contributed by atoms with E-state index in [-0.39, 0.29) is 23.8 Å². The Labute approximate surface area is 183 Å². The number of carbonyl (C=O) groups is 2. The molecule has 162 valence electrons. The molecular weight excluding hydrogens is 390 g/mol. The van der Waals surface area contributed by atoms with Gasteiger partial charge in [-0.15, -0.1) is 6.58 Å². The molecule has 0 N–H and O–H groups in total. The van der Waals surface area contributed by atoms with Crippen molar-refractivity contribution in [3.05, 3.63) is 67.0 Å². The Bertz CT molecular complexity index is 925. The van der Waals surface area contributed by atoms with Crippen LogP contribution in [0.15, 0.2) is 61.4 Å². The monoisotopic (exact) mass is 419 g/mol. The summed E-state index contributed by atoms with van der Waals surface area (Å²) >= 11 is 0. The molecule has 2 aliphatic heterocycles. The molecule has 2 saturated heterocycles. The number of ether oxygens (including phenoxy) is 1. The third-order valence-corrected chi connectivity index (χ3v) is 6.03. The summed E-state index contributed by atoms with van der Waals surface area (Å²) in [5.74, 6) is -0.196. The predicted octanol–water partition coefficient (Wildman–Crippen LogP) is 2.94. The molecule has 0 bridgehead atoms. The number of hydrogen-bond donors (Lipinski definition) is 0. The van der Waals surface area contributed by atoms with Crippen LogP contribution in [0.1, 0.15) is 18.4 Å². The van der Waals surface area contributed by atoms with Gasteiger partial charge in [0.25, 0.3) is 5.91 Å². The van der Waals surface area contributed by atoms with Crippen LogP contribution in [0.3, 0.4) is 0 Å². The summed E-state index contributed by atoms with van der Waals surface area (Å²) in [4.78, 5) is 34.0. The topological polar surface area (TPSA) is 62.7 Å². The average molecular weight is 420 g/mol. The quantitative estimate of drug-likeness (QED) is 0.676. The van der Waals surface area contributed by atoms with E-state index in [1.54, 1.807) is 18.5 Å². The average Bonchev–Trinajstić information content (AvgIpc) is 3.30. The molecule has 0 radical (unpaired) electrons. The molecule has 2 atom stereocenters. The van der Waals surface area contributed by atoms with Crippen molar-refractivity contribution in [3.8, 4) is 11.1 Å². The maximum atomic E-state index is 13.3. The van der Waals surface area contributed by atoms with E-state index in [0.717, 1.165) is 29.5 Å². The minimum atomic E-state index is -0.364. The molecule has 2 amide bonds. The lowest BCUT2D eigenvalue weighted by Crippen LogP contribution is -2.42. The zero-order valence-electron chi connectivity index (χ0n) is 17.8. The van der Waals surface area contributed by atoms with Crippen LogP contribution in [0.4, 0.5) is 0 Å². The molecule has 2 fully saturated rings. The van der Waals surface area contributed by atoms with Crippen LogP contribution < -0.4 is 0 Å². The minimum absolute atomic E-state index is 0.0151. The second kappa shape index (κ2) is 9.88. The maximum Gasteiger partial charge on any atom is 0.251 e. The molecule has 6 nitrogen and oxygen atoms in total. The molecule has 1 aromatic carbocycles. The van der Waals surface area contributed by atoms with E-state index in [0.29, 0.717) is 39.2 Å². The number of amides is 2. The van der Waals surface area contributed by atoms with E-state index in [1.165, 1.54) is 0 Å². The number of aromatic nitrogens is 1. The van der Waals surface area contributed by atoms with Gasteiger partial charge in [-0.1, -0.05) is 30.3 Å². The van der Waals surface area contributed by atoms with E-state index in [9.17, 15) is 9.59 Å². The first-order valence-electron chi connectivity index (χ1n) is 10.9. The molecule has 0 spiro atoms.